The number of nitrogens with zero attached hydrogens (tertiary/aromatic N) is 5. The zero-order valence-corrected chi connectivity index (χ0v) is 14.1. The molecule has 0 fully saturated rings. The third kappa shape index (κ3) is 2.89. The Balaban J connectivity index is 1.56. The van der Waals surface area contributed by atoms with Gasteiger partial charge in [0.15, 0.2) is 11.5 Å². The molecule has 0 N–H and O–H groups in total. The van der Waals surface area contributed by atoms with Crippen molar-refractivity contribution in [3.05, 3.63) is 46.7 Å². The van der Waals surface area contributed by atoms with Gasteiger partial charge < -0.3 is 9.47 Å². The summed E-state index contributed by atoms with van der Waals surface area (Å²) in [4.78, 5) is 4.09. The summed E-state index contributed by atoms with van der Waals surface area (Å²) in [5, 5.41) is 12.5. The van der Waals surface area contributed by atoms with Crippen molar-refractivity contribution in [2.45, 2.75) is 10.9 Å². The molecule has 1 aliphatic heterocycles. The van der Waals surface area contributed by atoms with Gasteiger partial charge in [-0.25, -0.2) is 0 Å². The Morgan fingerprint density at radius 2 is 2.13 bits per heavy atom. The van der Waals surface area contributed by atoms with E-state index in [-0.39, 0.29) is 6.79 Å². The molecule has 116 valence electrons. The van der Waals surface area contributed by atoms with E-state index in [1.807, 2.05) is 24.3 Å². The molecule has 0 amide bonds. The molecule has 1 aliphatic rings. The zero-order chi connectivity index (χ0) is 15.6. The summed E-state index contributed by atoms with van der Waals surface area (Å²) in [6.07, 6.45) is 3.43. The highest BCUT2D eigenvalue weighted by atomic mass is 79.9. The number of thioether (sulfide) groups is 1. The van der Waals surface area contributed by atoms with Crippen LogP contribution in [0.5, 0.6) is 11.5 Å². The van der Waals surface area contributed by atoms with Crippen LogP contribution in [0.2, 0.25) is 0 Å². The first-order chi connectivity index (χ1) is 11.3. The Labute approximate surface area is 144 Å². The largest absolute Gasteiger partial charge is 0.454 e. The van der Waals surface area contributed by atoms with Crippen LogP contribution < -0.4 is 9.47 Å². The summed E-state index contributed by atoms with van der Waals surface area (Å²) in [7, 11) is 0. The van der Waals surface area contributed by atoms with Crippen molar-refractivity contribution in [3.8, 4) is 17.2 Å². The van der Waals surface area contributed by atoms with Gasteiger partial charge >= 0.3 is 0 Å². The number of hydrogen-bond donors (Lipinski definition) is 0. The van der Waals surface area contributed by atoms with Gasteiger partial charge in [-0.1, -0.05) is 27.7 Å². The van der Waals surface area contributed by atoms with E-state index in [0.29, 0.717) is 10.9 Å². The van der Waals surface area contributed by atoms with Crippen molar-refractivity contribution in [1.29, 1.82) is 0 Å². The lowest BCUT2D eigenvalue weighted by molar-refractivity contribution is 0.174. The fourth-order valence-corrected chi connectivity index (χ4v) is 3.65. The number of aromatic nitrogens is 5. The maximum Gasteiger partial charge on any atom is 0.231 e. The predicted molar refractivity (Wildman–Crippen MR) is 86.8 cm³/mol. The average molecular weight is 392 g/mol. The van der Waals surface area contributed by atoms with Crippen LogP contribution in [0, 0.1) is 0 Å². The van der Waals surface area contributed by atoms with Gasteiger partial charge in [0, 0.05) is 16.4 Å². The molecule has 2 aromatic heterocycles. The SMILES string of the molecule is Brc1cc2c(cc1CSc1nnnn1-c1cccnc1)OCO2. The molecule has 23 heavy (non-hydrogen) atoms. The summed E-state index contributed by atoms with van der Waals surface area (Å²) >= 11 is 5.09. The van der Waals surface area contributed by atoms with Crippen molar-refractivity contribution in [2.24, 2.45) is 0 Å². The quantitative estimate of drug-likeness (QED) is 0.632. The average Bonchev–Trinajstić information content (AvgIpc) is 3.22. The van der Waals surface area contributed by atoms with E-state index in [0.717, 1.165) is 27.2 Å². The van der Waals surface area contributed by atoms with Gasteiger partial charge in [-0.3, -0.25) is 4.98 Å². The van der Waals surface area contributed by atoms with E-state index in [4.69, 9.17) is 9.47 Å². The molecule has 3 heterocycles. The van der Waals surface area contributed by atoms with Gasteiger partial charge in [-0.05, 0) is 40.3 Å². The Morgan fingerprint density at radius 1 is 1.26 bits per heavy atom. The lowest BCUT2D eigenvalue weighted by Gasteiger charge is -2.06. The third-order valence-corrected chi connectivity index (χ3v) is 4.94. The van der Waals surface area contributed by atoms with Crippen molar-refractivity contribution < 1.29 is 9.47 Å². The second-order valence-corrected chi connectivity index (χ2v) is 6.47. The fraction of sp³-hybridized carbons (Fsp3) is 0.143. The molecule has 0 unspecified atom stereocenters. The van der Waals surface area contributed by atoms with Gasteiger partial charge in [0.1, 0.15) is 0 Å². The van der Waals surface area contributed by atoms with Crippen LogP contribution >= 0.6 is 27.7 Å². The van der Waals surface area contributed by atoms with Crippen LogP contribution in [0.1, 0.15) is 5.56 Å². The minimum atomic E-state index is 0.262. The predicted octanol–water partition coefficient (Wildman–Crippen LogP) is 2.84. The first-order valence-corrected chi connectivity index (χ1v) is 8.49. The van der Waals surface area contributed by atoms with Gasteiger partial charge in [-0.2, -0.15) is 4.68 Å². The van der Waals surface area contributed by atoms with E-state index in [9.17, 15) is 0 Å². The smallest absolute Gasteiger partial charge is 0.231 e. The number of pyridine rings is 1. The maximum atomic E-state index is 5.42. The summed E-state index contributed by atoms with van der Waals surface area (Å²) in [5.74, 6) is 2.21. The van der Waals surface area contributed by atoms with E-state index in [1.165, 1.54) is 11.8 Å². The molecule has 0 saturated heterocycles. The van der Waals surface area contributed by atoms with E-state index >= 15 is 0 Å². The van der Waals surface area contributed by atoms with E-state index in [1.54, 1.807) is 17.1 Å². The summed E-state index contributed by atoms with van der Waals surface area (Å²) in [6.45, 7) is 0.262. The fourth-order valence-electron chi connectivity index (χ4n) is 2.12. The Kier molecular flexibility index (Phi) is 3.88. The van der Waals surface area contributed by atoms with Crippen molar-refractivity contribution >= 4 is 27.7 Å². The van der Waals surface area contributed by atoms with Gasteiger partial charge in [-0.15, -0.1) is 5.10 Å². The normalized spacial score (nSPS) is 12.6. The highest BCUT2D eigenvalue weighted by Gasteiger charge is 2.17. The molecule has 0 radical (unpaired) electrons. The summed E-state index contributed by atoms with van der Waals surface area (Å²) in [5.41, 5.74) is 1.91. The Hall–Kier alpha value is -2.13. The van der Waals surface area contributed by atoms with Crippen LogP contribution in [0.4, 0.5) is 0 Å². The molecule has 4 rings (SSSR count). The second kappa shape index (κ2) is 6.17. The Bertz CT molecular complexity index is 842. The van der Waals surface area contributed by atoms with Crippen LogP contribution in [0.3, 0.4) is 0 Å². The minimum Gasteiger partial charge on any atom is -0.454 e. The van der Waals surface area contributed by atoms with Crippen molar-refractivity contribution in [3.63, 3.8) is 0 Å². The van der Waals surface area contributed by atoms with Crippen LogP contribution in [-0.4, -0.2) is 32.0 Å². The zero-order valence-electron chi connectivity index (χ0n) is 11.7. The molecule has 1 aromatic carbocycles. The number of rotatable bonds is 4. The van der Waals surface area contributed by atoms with Crippen LogP contribution in [-0.2, 0) is 5.75 Å². The van der Waals surface area contributed by atoms with E-state index < -0.39 is 0 Å². The number of halogens is 1. The van der Waals surface area contributed by atoms with Crippen LogP contribution in [0.15, 0.2) is 46.3 Å². The number of fused-ring (bicyclic) bond motifs is 1. The van der Waals surface area contributed by atoms with Crippen molar-refractivity contribution in [2.75, 3.05) is 6.79 Å². The lowest BCUT2D eigenvalue weighted by atomic mass is 10.2. The first-order valence-electron chi connectivity index (χ1n) is 6.71. The maximum absolute atomic E-state index is 5.42. The third-order valence-electron chi connectivity index (χ3n) is 3.23. The molecule has 0 aliphatic carbocycles. The molecule has 9 heteroatoms. The first kappa shape index (κ1) is 14.5. The van der Waals surface area contributed by atoms with Gasteiger partial charge in [0.05, 0.1) is 11.9 Å². The summed E-state index contributed by atoms with van der Waals surface area (Å²) < 4.78 is 13.4. The number of benzene rings is 1. The van der Waals surface area contributed by atoms with Gasteiger partial charge in [0.25, 0.3) is 0 Å². The highest BCUT2D eigenvalue weighted by Crippen LogP contribution is 2.38. The molecule has 3 aromatic rings. The standard InChI is InChI=1S/C14H10BrN5O2S/c15-11-5-13-12(21-8-22-13)4-9(11)7-23-14-17-18-19-20(14)10-2-1-3-16-6-10/h1-6H,7-8H2. The molecule has 0 bridgehead atoms. The van der Waals surface area contributed by atoms with E-state index in [2.05, 4.69) is 36.4 Å². The number of hydrogen-bond acceptors (Lipinski definition) is 7. The minimum absolute atomic E-state index is 0.262. The number of tetrazole rings is 1. The molecule has 0 saturated carbocycles. The molecule has 0 atom stereocenters. The topological polar surface area (TPSA) is 75.0 Å². The molecule has 0 spiro atoms. The monoisotopic (exact) mass is 391 g/mol. The summed E-state index contributed by atoms with van der Waals surface area (Å²) in [6, 6.07) is 7.64. The number of ether oxygens (including phenoxy) is 2. The molecule has 7 nitrogen and oxygen atoms in total. The van der Waals surface area contributed by atoms with Crippen molar-refractivity contribution in [1.82, 2.24) is 25.2 Å². The Morgan fingerprint density at radius 3 is 2.96 bits per heavy atom. The lowest BCUT2D eigenvalue weighted by Crippen LogP contribution is -1.99. The molecular weight excluding hydrogens is 382 g/mol. The van der Waals surface area contributed by atoms with Crippen LogP contribution in [0.25, 0.3) is 5.69 Å². The molecular formula is C14H10BrN5O2S. The second-order valence-electron chi connectivity index (χ2n) is 4.67. The van der Waals surface area contributed by atoms with Gasteiger partial charge in [0.2, 0.25) is 11.9 Å². The highest BCUT2D eigenvalue weighted by molar-refractivity contribution is 9.10.